The van der Waals surface area contributed by atoms with Crippen molar-refractivity contribution in [2.45, 2.75) is 0 Å². The van der Waals surface area contributed by atoms with Crippen molar-refractivity contribution in [3.05, 3.63) is 72.6 Å². The average Bonchev–Trinajstić information content (AvgIpc) is 3.15. The first kappa shape index (κ1) is 19.7. The smallest absolute Gasteiger partial charge is 0.333 e. The fourth-order valence-electron chi connectivity index (χ4n) is 2.61. The molecule has 9 heteroatoms. The number of hydrogen-bond acceptors (Lipinski definition) is 5. The summed E-state index contributed by atoms with van der Waals surface area (Å²) < 4.78 is 1.38. The lowest BCUT2D eigenvalue weighted by Gasteiger charge is -2.19. The number of para-hydroxylation sites is 2. The molecule has 0 aliphatic carbocycles. The Morgan fingerprint density at radius 2 is 1.69 bits per heavy atom. The van der Waals surface area contributed by atoms with Gasteiger partial charge in [0.05, 0.1) is 11.9 Å². The molecule has 0 saturated carbocycles. The molecule has 0 atom stereocenters. The zero-order chi connectivity index (χ0) is 20.6. The maximum Gasteiger partial charge on any atom is 0.333 e. The third kappa shape index (κ3) is 5.25. The summed E-state index contributed by atoms with van der Waals surface area (Å²) in [7, 11) is 1.92. The lowest BCUT2D eigenvalue weighted by molar-refractivity contribution is 0.0928. The van der Waals surface area contributed by atoms with E-state index in [2.05, 4.69) is 21.3 Å². The van der Waals surface area contributed by atoms with Gasteiger partial charge in [-0.15, -0.1) is 0 Å². The summed E-state index contributed by atoms with van der Waals surface area (Å²) in [6.07, 6.45) is 1.32. The van der Waals surface area contributed by atoms with Crippen LogP contribution in [0.25, 0.3) is 5.69 Å². The molecule has 0 fully saturated rings. The van der Waals surface area contributed by atoms with E-state index in [-0.39, 0.29) is 11.4 Å². The molecular weight excluding hydrogens is 372 g/mol. The Morgan fingerprint density at radius 1 is 1.03 bits per heavy atom. The molecule has 29 heavy (non-hydrogen) atoms. The second kappa shape index (κ2) is 9.27. The number of nitrogens with one attached hydrogen (secondary N) is 3. The van der Waals surface area contributed by atoms with Gasteiger partial charge in [0.25, 0.3) is 5.91 Å². The van der Waals surface area contributed by atoms with E-state index in [1.165, 1.54) is 10.9 Å². The molecule has 3 aromatic rings. The first-order chi connectivity index (χ1) is 14.0. The second-order valence-electron chi connectivity index (χ2n) is 6.24. The molecule has 9 nitrogen and oxygen atoms in total. The van der Waals surface area contributed by atoms with Crippen molar-refractivity contribution in [3.8, 4) is 11.4 Å². The van der Waals surface area contributed by atoms with Crippen LogP contribution >= 0.6 is 0 Å². The Bertz CT molecular complexity index is 959. The van der Waals surface area contributed by atoms with Gasteiger partial charge in [-0.1, -0.05) is 36.4 Å². The second-order valence-corrected chi connectivity index (χ2v) is 6.24. The maximum atomic E-state index is 12.2. The highest BCUT2D eigenvalue weighted by molar-refractivity contribution is 5.95. The number of hydrogen-bond donors (Lipinski definition) is 4. The highest BCUT2D eigenvalue weighted by Crippen LogP contribution is 2.17. The number of carbonyl (C=O) groups excluding carboxylic acids is 2. The number of amides is 3. The van der Waals surface area contributed by atoms with Crippen molar-refractivity contribution in [2.24, 2.45) is 0 Å². The number of urea groups is 1. The zero-order valence-corrected chi connectivity index (χ0v) is 15.9. The number of likely N-dealkylation sites (N-methyl/N-ethyl adjacent to an activating group) is 1. The highest BCUT2D eigenvalue weighted by Gasteiger charge is 2.17. The van der Waals surface area contributed by atoms with Gasteiger partial charge in [0.1, 0.15) is 0 Å². The van der Waals surface area contributed by atoms with Crippen LogP contribution in [0, 0.1) is 0 Å². The lowest BCUT2D eigenvalue weighted by atomic mass is 10.3. The Kier molecular flexibility index (Phi) is 6.31. The summed E-state index contributed by atoms with van der Waals surface area (Å²) >= 11 is 0. The topological polar surface area (TPSA) is 112 Å². The molecule has 1 aromatic heterocycles. The molecule has 0 spiro atoms. The monoisotopic (exact) mass is 394 g/mol. The van der Waals surface area contributed by atoms with E-state index in [9.17, 15) is 14.7 Å². The molecule has 1 heterocycles. The van der Waals surface area contributed by atoms with Crippen LogP contribution in [0.1, 0.15) is 10.5 Å². The minimum absolute atomic E-state index is 0.196. The molecule has 0 aliphatic heterocycles. The molecule has 150 valence electrons. The Hall–Kier alpha value is -4.01. The molecule has 2 aromatic carbocycles. The Balaban J connectivity index is 1.45. The van der Waals surface area contributed by atoms with Crippen molar-refractivity contribution in [3.63, 3.8) is 0 Å². The van der Waals surface area contributed by atoms with Crippen molar-refractivity contribution < 1.29 is 14.7 Å². The number of benzene rings is 2. The number of anilines is 1. The largest absolute Gasteiger partial charge is 0.504 e. The van der Waals surface area contributed by atoms with Gasteiger partial charge in [-0.2, -0.15) is 5.10 Å². The van der Waals surface area contributed by atoms with Crippen molar-refractivity contribution in [1.82, 2.24) is 25.9 Å². The van der Waals surface area contributed by atoms with Crippen LogP contribution in [0.15, 0.2) is 66.9 Å². The number of nitrogens with zero attached hydrogens (tertiary/aromatic N) is 3. The first-order valence-electron chi connectivity index (χ1n) is 8.99. The van der Waals surface area contributed by atoms with Gasteiger partial charge in [-0.05, 0) is 24.3 Å². The maximum absolute atomic E-state index is 12.2. The van der Waals surface area contributed by atoms with E-state index in [1.807, 2.05) is 60.5 Å². The van der Waals surface area contributed by atoms with Crippen LogP contribution < -0.4 is 21.1 Å². The fraction of sp³-hybridized carbons (Fsp3) is 0.150. The van der Waals surface area contributed by atoms with Crippen LogP contribution in [0.4, 0.5) is 10.5 Å². The van der Waals surface area contributed by atoms with Crippen LogP contribution in [0.2, 0.25) is 0 Å². The summed E-state index contributed by atoms with van der Waals surface area (Å²) in [5.74, 6) is -1.02. The van der Waals surface area contributed by atoms with Gasteiger partial charge < -0.3 is 15.3 Å². The molecule has 0 bridgehead atoms. The first-order valence-corrected chi connectivity index (χ1v) is 8.99. The van der Waals surface area contributed by atoms with Crippen LogP contribution in [0.5, 0.6) is 5.75 Å². The normalized spacial score (nSPS) is 10.2. The summed E-state index contributed by atoms with van der Waals surface area (Å²) in [6.45, 7) is 0.967. The molecule has 0 radical (unpaired) electrons. The van der Waals surface area contributed by atoms with Crippen LogP contribution in [0.3, 0.4) is 0 Å². The van der Waals surface area contributed by atoms with Crippen LogP contribution in [-0.2, 0) is 0 Å². The predicted molar refractivity (Wildman–Crippen MR) is 109 cm³/mol. The lowest BCUT2D eigenvalue weighted by Crippen LogP contribution is -2.48. The number of aromatic hydroxyl groups is 1. The standard InChI is InChI=1S/C20H22N6O3/c1-25(15-8-4-2-5-9-15)13-12-21-20(29)23-22-19(28)18-17(27)14-26(24-18)16-10-6-3-7-11-16/h2-11,14,27H,12-13H2,1H3,(H,22,28)(H2,21,23,29). The van der Waals surface area contributed by atoms with E-state index in [4.69, 9.17) is 0 Å². The third-order valence-electron chi connectivity index (χ3n) is 4.15. The van der Waals surface area contributed by atoms with Crippen molar-refractivity contribution in [1.29, 1.82) is 0 Å². The minimum Gasteiger partial charge on any atom is -0.504 e. The zero-order valence-electron chi connectivity index (χ0n) is 15.9. The van der Waals surface area contributed by atoms with E-state index in [1.54, 1.807) is 12.1 Å². The molecule has 3 amide bonds. The van der Waals surface area contributed by atoms with Crippen molar-refractivity contribution >= 4 is 17.6 Å². The van der Waals surface area contributed by atoms with E-state index in [0.717, 1.165) is 5.69 Å². The molecule has 0 unspecified atom stereocenters. The van der Waals surface area contributed by atoms with E-state index in [0.29, 0.717) is 18.8 Å². The molecule has 0 saturated heterocycles. The Labute approximate surface area is 167 Å². The molecule has 0 aliphatic rings. The number of carbonyl (C=O) groups is 2. The van der Waals surface area contributed by atoms with Gasteiger partial charge in [-0.25, -0.2) is 14.9 Å². The van der Waals surface area contributed by atoms with Gasteiger partial charge in [0.2, 0.25) is 0 Å². The fourth-order valence-corrected chi connectivity index (χ4v) is 2.61. The van der Waals surface area contributed by atoms with Gasteiger partial charge in [-0.3, -0.25) is 10.2 Å². The minimum atomic E-state index is -0.728. The van der Waals surface area contributed by atoms with Gasteiger partial charge in [0, 0.05) is 25.8 Å². The molecule has 4 N–H and O–H groups in total. The van der Waals surface area contributed by atoms with Gasteiger partial charge in [0.15, 0.2) is 11.4 Å². The van der Waals surface area contributed by atoms with E-state index < -0.39 is 11.9 Å². The summed E-state index contributed by atoms with van der Waals surface area (Å²) in [4.78, 5) is 26.0. The Morgan fingerprint density at radius 3 is 2.38 bits per heavy atom. The summed E-state index contributed by atoms with van der Waals surface area (Å²) in [5.41, 5.74) is 5.99. The van der Waals surface area contributed by atoms with Crippen LogP contribution in [-0.4, -0.2) is 47.0 Å². The predicted octanol–water partition coefficient (Wildman–Crippen LogP) is 1.66. The highest BCUT2D eigenvalue weighted by atomic mass is 16.3. The van der Waals surface area contributed by atoms with Crippen molar-refractivity contribution in [2.75, 3.05) is 25.0 Å². The molecule has 3 rings (SSSR count). The molecular formula is C20H22N6O3. The SMILES string of the molecule is CN(CCNC(=O)NNC(=O)c1nn(-c2ccccc2)cc1O)c1ccccc1. The number of aromatic nitrogens is 2. The quantitative estimate of drug-likeness (QED) is 0.475. The van der Waals surface area contributed by atoms with E-state index >= 15 is 0 Å². The average molecular weight is 394 g/mol. The third-order valence-corrected chi connectivity index (χ3v) is 4.15. The summed E-state index contributed by atoms with van der Waals surface area (Å²) in [5, 5.41) is 16.7. The van der Waals surface area contributed by atoms with Gasteiger partial charge >= 0.3 is 6.03 Å². The number of rotatable bonds is 6. The number of hydrazine groups is 1. The summed E-state index contributed by atoms with van der Waals surface area (Å²) in [6, 6.07) is 18.2.